The third-order valence-electron chi connectivity index (χ3n) is 15.3. The molecule has 9 aromatic carbocycles. The molecule has 128 heavy (non-hydrogen) atoms. The number of primary amides is 1. The number of carbonyl (C=O) groups is 9. The first-order chi connectivity index (χ1) is 61.6. The third-order valence-corrected chi connectivity index (χ3v) is 17.3. The molecule has 1 heterocycles. The van der Waals surface area contributed by atoms with E-state index in [0.29, 0.717) is 95.2 Å². The lowest BCUT2D eigenvalue weighted by Crippen LogP contribution is -2.21. The van der Waals surface area contributed by atoms with Crippen molar-refractivity contribution in [3.05, 3.63) is 308 Å². The van der Waals surface area contributed by atoms with Gasteiger partial charge in [-0.05, 0) is 321 Å². The number of Topliss-reactive ketones (excluding diaryl/α,β-unsaturated/α-hetero) is 3. The van der Waals surface area contributed by atoms with Gasteiger partial charge in [0.1, 0.15) is 0 Å². The molecule has 1 aromatic heterocycles. The number of hydrogen-bond donors (Lipinski definition) is 4. The normalized spacial score (nSPS) is 8.85. The van der Waals surface area contributed by atoms with Crippen molar-refractivity contribution in [2.75, 3.05) is 40.6 Å². The lowest BCUT2D eigenvalue weighted by molar-refractivity contribution is -0.114. The van der Waals surface area contributed by atoms with E-state index in [0.717, 1.165) is 44.9 Å². The number of nitrogens with zero attached hydrogens (tertiary/aromatic N) is 11. The van der Waals surface area contributed by atoms with Gasteiger partial charge in [-0.15, -0.1) is 11.3 Å². The van der Waals surface area contributed by atoms with Crippen molar-refractivity contribution in [3.63, 3.8) is 0 Å². The molecule has 0 aliphatic heterocycles. The molecule has 25 nitrogen and oxygen atoms in total. The second-order valence-corrected chi connectivity index (χ2v) is 27.3. The summed E-state index contributed by atoms with van der Waals surface area (Å²) in [6, 6.07) is 67.1. The number of benzene rings is 9. The Hall–Kier alpha value is -13.5. The van der Waals surface area contributed by atoms with E-state index in [4.69, 9.17) is 5.73 Å². The van der Waals surface area contributed by atoms with E-state index in [2.05, 4.69) is 244 Å². The van der Waals surface area contributed by atoms with Gasteiger partial charge in [-0.3, -0.25) is 38.4 Å². The number of isothiocyanates is 10. The molecule has 5 amide bonds. The topological polar surface area (TPSA) is 352 Å². The maximum absolute atomic E-state index is 11.5. The van der Waals surface area contributed by atoms with E-state index in [1.807, 2.05) is 79.0 Å². The van der Waals surface area contributed by atoms with E-state index in [-0.39, 0.29) is 46.9 Å². The standard InChI is InChI=1S/2C10H10N2OS.C10H9NO2S.3C10H9NOS.2C9H8N2OS.C8H6N2OS.C6H5NS2/c1-12(2)10(13)8-3-5-9(6-4-8)11-7-14;1-11-10(13)9-4-2-8(3-5-9)6-12-7-14;1-13-10(12)9-4-2-8(3-5-9)6-11-7-14;1-8(12)10-4-2-9(3-5-10)6-11-7-13;1-8(12)10-4-2-3-9(5-10)6-11-7-13;1-2-10(12)8-3-5-9(6-4-8)11-7-13;1-10-9(12)7-2-4-8(5-3-7)11-6-13;1-7(12)11-9-4-2-8(3-5-9)10-6-13;9-8(11)6-1-3-7(4-2-6)10-5-12;8-5-7-4-6-2-1-3-9-6/h3-6H,1-2H3;2-5H,6H2,1H3,(H,11,13);2-5H,6H2,1H3;2*2-5H,6H2,1H3;3-6H,2H2,1H3;2-5H,1H3,(H,10,12);2-5H,1H3,(H,11,12);1-4H,(H2,9,11);1-3H,4H2. The highest BCUT2D eigenvalue weighted by atomic mass is 32.1. The molecule has 10 aromatic rings. The number of carbonyl (C=O) groups excluding carboxylic acids is 9. The molecule has 0 unspecified atom stereocenters. The fourth-order valence-corrected chi connectivity index (χ4v) is 10.5. The molecule has 0 saturated heterocycles. The molecule has 5 N–H and O–H groups in total. The van der Waals surface area contributed by atoms with Gasteiger partial charge in [0.05, 0.1) is 125 Å². The number of hydrogen-bond acceptors (Lipinski definition) is 31. The van der Waals surface area contributed by atoms with Crippen molar-refractivity contribution >= 4 is 272 Å². The summed E-state index contributed by atoms with van der Waals surface area (Å²) in [5.41, 5.74) is 18.3. The van der Waals surface area contributed by atoms with Gasteiger partial charge < -0.3 is 31.3 Å². The van der Waals surface area contributed by atoms with Crippen LogP contribution < -0.4 is 21.7 Å². The van der Waals surface area contributed by atoms with Crippen LogP contribution in [0.3, 0.4) is 0 Å². The number of nitrogens with two attached hydrogens (primary N) is 1. The molecule has 0 aliphatic carbocycles. The molecule has 0 aliphatic rings. The van der Waals surface area contributed by atoms with Crippen molar-refractivity contribution in [1.29, 1.82) is 0 Å². The molecule has 0 radical (unpaired) electrons. The summed E-state index contributed by atoms with van der Waals surface area (Å²) < 4.78 is 4.57. The molecule has 0 spiro atoms. The van der Waals surface area contributed by atoms with Crippen LogP contribution in [0.15, 0.2) is 286 Å². The van der Waals surface area contributed by atoms with Crippen molar-refractivity contribution in [2.45, 2.75) is 66.8 Å². The first-order valence-corrected chi connectivity index (χ1v) is 41.9. The van der Waals surface area contributed by atoms with Crippen LogP contribution in [0, 0.1) is 0 Å². The minimum atomic E-state index is -0.451. The van der Waals surface area contributed by atoms with Crippen LogP contribution in [0.2, 0.25) is 0 Å². The second kappa shape index (κ2) is 69.8. The summed E-state index contributed by atoms with van der Waals surface area (Å²) in [7, 11) is 7.97. The number of aliphatic imine (C=N–C) groups is 10. The number of anilines is 1. The number of esters is 1. The smallest absolute Gasteiger partial charge is 0.337 e. The highest BCUT2D eigenvalue weighted by Crippen LogP contribution is 2.19. The fraction of sp³-hybridized carbons (Fsp3) is 0.163. The molecule has 0 atom stereocenters. The molecule has 0 saturated carbocycles. The lowest BCUT2D eigenvalue weighted by atomic mass is 10.1. The van der Waals surface area contributed by atoms with Gasteiger partial charge in [0.15, 0.2) is 17.3 Å². The van der Waals surface area contributed by atoms with Crippen LogP contribution >= 0.6 is 134 Å². The van der Waals surface area contributed by atoms with Crippen LogP contribution in [0.4, 0.5) is 34.1 Å². The van der Waals surface area contributed by atoms with Crippen LogP contribution in [0.1, 0.15) is 144 Å². The quantitative estimate of drug-likeness (QED) is 0.0179. The Labute approximate surface area is 799 Å². The van der Waals surface area contributed by atoms with Gasteiger partial charge in [-0.25, -0.2) is 29.8 Å². The molecule has 10 rings (SSSR count). The number of ether oxygens (including phenoxy) is 1. The average Bonchev–Trinajstić information content (AvgIpc) is 1.04. The Morgan fingerprint density at radius 2 is 0.703 bits per heavy atom. The zero-order valence-corrected chi connectivity index (χ0v) is 79.3. The first kappa shape index (κ1) is 113. The SMILES string of the molecule is CC(=O)Nc1ccc(N=C=S)cc1.CC(=O)c1ccc(CN=C=S)cc1.CC(=O)c1cccc(CN=C=S)c1.CCC(=O)c1ccc(N=C=S)cc1.CN(C)C(=O)c1ccc(N=C=S)cc1.CNC(=O)c1ccc(CN=C=S)cc1.CNC(=O)c1ccc(N=C=S)cc1.COC(=O)c1ccc(CN=C=S)cc1.NC(=O)c1ccc(N=C=S)cc1.S=C=NCc1cccs1. The summed E-state index contributed by atoms with van der Waals surface area (Å²) in [4.78, 5) is 140. The number of thiophene rings is 1. The highest BCUT2D eigenvalue weighted by molar-refractivity contribution is 7.79. The Morgan fingerprint density at radius 1 is 0.375 bits per heavy atom. The van der Waals surface area contributed by atoms with Crippen molar-refractivity contribution in [3.8, 4) is 0 Å². The largest absolute Gasteiger partial charge is 0.465 e. The van der Waals surface area contributed by atoms with Crippen molar-refractivity contribution < 1.29 is 47.9 Å². The molecular formula is C92H83N15O10S11. The zero-order chi connectivity index (χ0) is 95.2. The number of rotatable bonds is 25. The summed E-state index contributed by atoms with van der Waals surface area (Å²) in [5, 5.41) is 32.5. The molecular weight excluding hydrogens is 1830 g/mol. The Bertz CT molecular complexity index is 5600. The Kier molecular flexibility index (Phi) is 61.3. The van der Waals surface area contributed by atoms with Gasteiger partial charge in [-0.1, -0.05) is 79.7 Å². The Morgan fingerprint density at radius 3 is 1.02 bits per heavy atom. The predicted molar refractivity (Wildman–Crippen MR) is 543 cm³/mol. The van der Waals surface area contributed by atoms with Gasteiger partial charge >= 0.3 is 5.97 Å². The molecule has 0 bridgehead atoms. The van der Waals surface area contributed by atoms with E-state index in [9.17, 15) is 43.2 Å². The second-order valence-electron chi connectivity index (χ2n) is 24.4. The predicted octanol–water partition coefficient (Wildman–Crippen LogP) is 21.9. The van der Waals surface area contributed by atoms with Crippen LogP contribution in [-0.4, -0.2) is 145 Å². The Balaban J connectivity index is 0.000000712. The summed E-state index contributed by atoms with van der Waals surface area (Å²) in [6.07, 6.45) is 0.524. The third kappa shape index (κ3) is 50.5. The fourth-order valence-electron chi connectivity index (χ4n) is 8.99. The molecule has 652 valence electrons. The number of methoxy groups -OCH3 is 1. The minimum Gasteiger partial charge on any atom is -0.465 e. The van der Waals surface area contributed by atoms with Crippen LogP contribution in [-0.2, 0) is 42.3 Å². The molecule has 36 heteroatoms. The number of ketones is 3. The van der Waals surface area contributed by atoms with Gasteiger partial charge in [0.2, 0.25) is 11.8 Å². The van der Waals surface area contributed by atoms with E-state index >= 15 is 0 Å². The van der Waals surface area contributed by atoms with Crippen molar-refractivity contribution in [1.82, 2.24) is 15.5 Å². The van der Waals surface area contributed by atoms with Gasteiger partial charge in [-0.2, -0.15) is 25.0 Å². The maximum atomic E-state index is 11.5. The van der Waals surface area contributed by atoms with Gasteiger partial charge in [0.25, 0.3) is 17.7 Å². The average molecular weight is 1910 g/mol. The summed E-state index contributed by atoms with van der Waals surface area (Å²) in [6.45, 7) is 9.09. The minimum absolute atomic E-state index is 0.0251. The monoisotopic (exact) mass is 1910 g/mol. The van der Waals surface area contributed by atoms with Crippen LogP contribution in [0.5, 0.6) is 0 Å². The highest BCUT2D eigenvalue weighted by Gasteiger charge is 2.09. The van der Waals surface area contributed by atoms with E-state index in [1.165, 1.54) is 23.8 Å². The molecule has 0 fully saturated rings. The van der Waals surface area contributed by atoms with Crippen LogP contribution in [0.25, 0.3) is 0 Å². The van der Waals surface area contributed by atoms with E-state index < -0.39 is 5.91 Å². The van der Waals surface area contributed by atoms with Gasteiger partial charge in [0, 0.05) is 91.0 Å². The maximum Gasteiger partial charge on any atom is 0.337 e. The van der Waals surface area contributed by atoms with Crippen molar-refractivity contribution in [2.24, 2.45) is 55.7 Å². The lowest BCUT2D eigenvalue weighted by Gasteiger charge is -2.09. The summed E-state index contributed by atoms with van der Waals surface area (Å²) >= 11 is 46.1. The summed E-state index contributed by atoms with van der Waals surface area (Å²) in [5.74, 6) is -0.833. The number of nitrogens with one attached hydrogen (secondary N) is 3. The number of amides is 5. The first-order valence-electron chi connectivity index (χ1n) is 36.9. The zero-order valence-electron chi connectivity index (χ0n) is 70.3. The van der Waals surface area contributed by atoms with E-state index in [1.54, 1.807) is 217 Å². The number of thiocarbonyl (C=S) groups is 10.